The second-order valence-corrected chi connectivity index (χ2v) is 3.60. The third-order valence-electron chi connectivity index (χ3n) is 2.13. The molecule has 1 rings (SSSR count). The molecular weight excluding hydrogens is 311 g/mol. The van der Waals surface area contributed by atoms with E-state index in [0.29, 0.717) is 0 Å². The molecule has 0 amide bonds. The molecule has 19 heavy (non-hydrogen) atoms. The van der Waals surface area contributed by atoms with E-state index < -0.39 is 42.0 Å². The number of rotatable bonds is 1. The topological polar surface area (TPSA) is 9.23 Å². The smallest absolute Gasteiger partial charge is 0.237 e. The largest absolute Gasteiger partial charge is 0.523 e. The van der Waals surface area contributed by atoms with Gasteiger partial charge in [0.15, 0.2) is 0 Å². The molecule has 2 unspecified atom stereocenters. The van der Waals surface area contributed by atoms with Crippen molar-refractivity contribution in [1.82, 2.24) is 0 Å². The summed E-state index contributed by atoms with van der Waals surface area (Å²) >= 11 is 0. The van der Waals surface area contributed by atoms with Gasteiger partial charge in [-0.15, -0.1) is 8.78 Å². The molecule has 0 aromatic rings. The van der Waals surface area contributed by atoms with Crippen molar-refractivity contribution in [2.24, 2.45) is 0 Å². The Kier molecular flexibility index (Phi) is 3.27. The lowest BCUT2D eigenvalue weighted by molar-refractivity contribution is -1.18. The highest BCUT2D eigenvalue weighted by atomic mass is 19.4. The van der Waals surface area contributed by atoms with Gasteiger partial charge in [0, 0.05) is 4.48 Å². The first-order valence-electron chi connectivity index (χ1n) is 4.19. The summed E-state index contributed by atoms with van der Waals surface area (Å²) in [4.78, 5) is 0. The van der Waals surface area contributed by atoms with Gasteiger partial charge in [0.05, 0.1) is 0 Å². The predicted octanol–water partition coefficient (Wildman–Crippen LogP) is 3.35. The summed E-state index contributed by atoms with van der Waals surface area (Å²) in [5.74, 6) is 0. The molecule has 0 saturated carbocycles. The van der Waals surface area contributed by atoms with Crippen molar-refractivity contribution < 1.29 is 57.8 Å². The van der Waals surface area contributed by atoms with Gasteiger partial charge in [-0.1, -0.05) is 0 Å². The molecule has 0 aromatic heterocycles. The Hall–Kier alpha value is -0.850. The first-order chi connectivity index (χ1) is 8.07. The lowest BCUT2D eigenvalue weighted by atomic mass is 10.3. The van der Waals surface area contributed by atoms with Crippen molar-refractivity contribution in [1.29, 1.82) is 0 Å². The Bertz CT molecular complexity index is 365. The van der Waals surface area contributed by atoms with E-state index in [2.05, 4.69) is 4.74 Å². The molecule has 0 aromatic carbocycles. The van der Waals surface area contributed by atoms with Crippen molar-refractivity contribution in [2.45, 2.75) is 30.7 Å². The molecule has 1 fully saturated rings. The number of halogens is 11. The summed E-state index contributed by atoms with van der Waals surface area (Å²) < 4.78 is 134. The Morgan fingerprint density at radius 3 is 1.79 bits per heavy atom. The Balaban J connectivity index is 3.37. The highest BCUT2D eigenvalue weighted by Gasteiger charge is 2.89. The molecule has 1 heterocycles. The van der Waals surface area contributed by atoms with Crippen LogP contribution < -0.4 is 0 Å². The first kappa shape index (κ1) is 16.2. The van der Waals surface area contributed by atoms with Gasteiger partial charge in [0.2, 0.25) is 6.54 Å². The molecule has 13 heteroatoms. The number of ether oxygens (including phenoxy) is 1. The van der Waals surface area contributed by atoms with Crippen LogP contribution in [-0.2, 0) is 4.74 Å². The van der Waals surface area contributed by atoms with E-state index in [-0.39, 0.29) is 0 Å². The number of hydrogen-bond acceptors (Lipinski definition) is 1. The highest BCUT2D eigenvalue weighted by Crippen LogP contribution is 2.56. The van der Waals surface area contributed by atoms with Crippen molar-refractivity contribution in [2.75, 3.05) is 6.54 Å². The van der Waals surface area contributed by atoms with E-state index in [1.165, 1.54) is 0 Å². The van der Waals surface area contributed by atoms with Crippen LogP contribution in [0.25, 0.3) is 0 Å². The predicted molar refractivity (Wildman–Crippen MR) is 33.1 cm³/mol. The Morgan fingerprint density at radius 2 is 1.42 bits per heavy atom. The van der Waals surface area contributed by atoms with E-state index in [9.17, 15) is 48.4 Å². The zero-order valence-electron chi connectivity index (χ0n) is 8.30. The normalized spacial score (nSPS) is 37.1. The van der Waals surface area contributed by atoms with Crippen LogP contribution in [0.5, 0.6) is 0 Å². The number of quaternary nitrogens is 1. The third kappa shape index (κ3) is 2.32. The summed E-state index contributed by atoms with van der Waals surface area (Å²) in [6.45, 7) is -3.59. The van der Waals surface area contributed by atoms with Gasteiger partial charge in [-0.2, -0.15) is 35.1 Å². The van der Waals surface area contributed by atoms with E-state index in [1.54, 1.807) is 0 Å². The maximum atomic E-state index is 13.3. The third-order valence-corrected chi connectivity index (χ3v) is 2.13. The molecule has 1 saturated heterocycles. The van der Waals surface area contributed by atoms with Crippen LogP contribution in [0.15, 0.2) is 0 Å². The maximum Gasteiger partial charge on any atom is 0.523 e. The van der Waals surface area contributed by atoms with Gasteiger partial charge >= 0.3 is 30.7 Å². The second-order valence-electron chi connectivity index (χ2n) is 3.60. The molecule has 2 atom stereocenters. The zero-order valence-corrected chi connectivity index (χ0v) is 8.30. The molecule has 0 spiro atoms. The van der Waals surface area contributed by atoms with Crippen molar-refractivity contribution in [3.63, 3.8) is 0 Å². The second kappa shape index (κ2) is 3.84. The number of nitrogens with zero attached hydrogens (tertiary/aromatic N) is 1. The average molecular weight is 314 g/mol. The number of alkyl halides is 10. The van der Waals surface area contributed by atoms with E-state index in [0.717, 1.165) is 0 Å². The summed E-state index contributed by atoms with van der Waals surface area (Å²) in [5, 5.41) is 0. The van der Waals surface area contributed by atoms with Gasteiger partial charge in [-0.25, -0.2) is 4.74 Å². The van der Waals surface area contributed by atoms with Crippen LogP contribution in [0.4, 0.5) is 48.4 Å². The minimum absolute atomic E-state index is 2.08. The van der Waals surface area contributed by atoms with E-state index in [4.69, 9.17) is 0 Å². The quantitative estimate of drug-likeness (QED) is 0.410. The summed E-state index contributed by atoms with van der Waals surface area (Å²) in [5.41, 5.74) is 0. The minimum Gasteiger partial charge on any atom is -0.237 e. The van der Waals surface area contributed by atoms with Crippen LogP contribution in [0.1, 0.15) is 0 Å². The maximum absolute atomic E-state index is 13.3. The molecule has 0 N–H and O–H groups in total. The standard InChI is InChI=1S/C6H3F11NO/c7-2-4(11,12)19-6(15,16)5(13,14)18(2,17)1-3(8,9)10/h2H,1H2/q+1. The molecular formula is C6H3F11NO+. The van der Waals surface area contributed by atoms with Crippen LogP contribution in [0.2, 0.25) is 0 Å². The van der Waals surface area contributed by atoms with Gasteiger partial charge in [-0.3, -0.25) is 0 Å². The summed E-state index contributed by atoms with van der Waals surface area (Å²) in [6, 6.07) is -6.50. The minimum atomic E-state index is -6.50. The Morgan fingerprint density at radius 1 is 1.00 bits per heavy atom. The fourth-order valence-corrected chi connectivity index (χ4v) is 1.32. The van der Waals surface area contributed by atoms with Crippen molar-refractivity contribution >= 4 is 0 Å². The van der Waals surface area contributed by atoms with Crippen LogP contribution in [-0.4, -0.2) is 42.0 Å². The molecule has 0 bridgehead atoms. The fourth-order valence-electron chi connectivity index (χ4n) is 1.32. The molecule has 1 aliphatic rings. The summed E-state index contributed by atoms with van der Waals surface area (Å²) in [6.07, 6.45) is -23.1. The SMILES string of the molecule is FC1C(F)(F)OC(F)(F)C(F)(F)[N+]1(F)CC(F)(F)F. The van der Waals surface area contributed by atoms with Crippen LogP contribution in [0.3, 0.4) is 0 Å². The molecule has 114 valence electrons. The van der Waals surface area contributed by atoms with E-state index >= 15 is 0 Å². The Labute approximate surface area is 96.4 Å². The fraction of sp³-hybridized carbons (Fsp3) is 1.00. The van der Waals surface area contributed by atoms with E-state index in [1.807, 2.05) is 0 Å². The molecule has 0 radical (unpaired) electrons. The lowest BCUT2D eigenvalue weighted by Gasteiger charge is -2.44. The zero-order chi connectivity index (χ0) is 15.5. The first-order valence-corrected chi connectivity index (χ1v) is 4.19. The number of hydrogen-bond donors (Lipinski definition) is 0. The van der Waals surface area contributed by atoms with Crippen LogP contribution >= 0.6 is 0 Å². The van der Waals surface area contributed by atoms with Gasteiger partial charge in [0.1, 0.15) is 0 Å². The van der Waals surface area contributed by atoms with Crippen molar-refractivity contribution in [3.8, 4) is 0 Å². The molecule has 2 nitrogen and oxygen atoms in total. The number of morpholine rings is 1. The van der Waals surface area contributed by atoms with Crippen LogP contribution in [0, 0.1) is 0 Å². The lowest BCUT2D eigenvalue weighted by Crippen LogP contribution is -2.77. The average Bonchev–Trinajstić information content (AvgIpc) is 2.09. The van der Waals surface area contributed by atoms with Crippen molar-refractivity contribution in [3.05, 3.63) is 0 Å². The monoisotopic (exact) mass is 314 g/mol. The highest BCUT2D eigenvalue weighted by molar-refractivity contribution is 4.79. The summed E-state index contributed by atoms with van der Waals surface area (Å²) in [7, 11) is 0. The van der Waals surface area contributed by atoms with Gasteiger partial charge in [-0.05, 0) is 4.71 Å². The van der Waals surface area contributed by atoms with Gasteiger partial charge in [0.25, 0.3) is 0 Å². The van der Waals surface area contributed by atoms with Gasteiger partial charge < -0.3 is 0 Å². The molecule has 0 aliphatic carbocycles. The molecule has 1 aliphatic heterocycles.